The standard InChI is InChI=1S/C11H16BrFN2O2S/c1-15(6-4-2-3-5-12)18(16,17)11-7-10(13)8-14-9-11/h7-9H,2-6H2,1H3. The Labute approximate surface area is 115 Å². The average molecular weight is 339 g/mol. The Morgan fingerprint density at radius 1 is 1.33 bits per heavy atom. The number of hydrogen-bond acceptors (Lipinski definition) is 3. The summed E-state index contributed by atoms with van der Waals surface area (Å²) < 4.78 is 38.3. The number of sulfonamides is 1. The molecule has 0 aliphatic heterocycles. The van der Waals surface area contributed by atoms with Crippen molar-refractivity contribution >= 4 is 26.0 Å². The molecule has 7 heteroatoms. The molecule has 0 bridgehead atoms. The molecular formula is C11H16BrFN2O2S. The first-order valence-corrected chi connectivity index (χ1v) is 8.17. The van der Waals surface area contributed by atoms with E-state index in [9.17, 15) is 12.8 Å². The highest BCUT2D eigenvalue weighted by atomic mass is 79.9. The molecule has 0 aliphatic rings. The van der Waals surface area contributed by atoms with Gasteiger partial charge < -0.3 is 0 Å². The molecule has 0 saturated carbocycles. The Bertz CT molecular complexity index is 482. The molecule has 1 aromatic heterocycles. The van der Waals surface area contributed by atoms with E-state index in [0.717, 1.165) is 43.1 Å². The van der Waals surface area contributed by atoms with E-state index in [4.69, 9.17) is 0 Å². The van der Waals surface area contributed by atoms with Crippen LogP contribution in [-0.2, 0) is 10.0 Å². The summed E-state index contributed by atoms with van der Waals surface area (Å²) in [4.78, 5) is 3.45. The molecule has 0 aliphatic carbocycles. The molecule has 102 valence electrons. The van der Waals surface area contributed by atoms with Crippen molar-refractivity contribution < 1.29 is 12.8 Å². The number of nitrogens with zero attached hydrogens (tertiary/aromatic N) is 2. The number of unbranched alkanes of at least 4 members (excludes halogenated alkanes) is 2. The van der Waals surface area contributed by atoms with E-state index in [1.165, 1.54) is 11.4 Å². The number of halogens is 2. The Kier molecular flexibility index (Phi) is 6.17. The SMILES string of the molecule is CN(CCCCCBr)S(=O)(=O)c1cncc(F)c1. The third-order valence-corrected chi connectivity index (χ3v) is 4.88. The number of pyridine rings is 1. The van der Waals surface area contributed by atoms with E-state index in [1.807, 2.05) is 0 Å². The van der Waals surface area contributed by atoms with Gasteiger partial charge in [-0.25, -0.2) is 17.1 Å². The van der Waals surface area contributed by atoms with Gasteiger partial charge in [0.15, 0.2) is 0 Å². The fourth-order valence-electron chi connectivity index (χ4n) is 1.44. The van der Waals surface area contributed by atoms with E-state index >= 15 is 0 Å². The molecule has 0 unspecified atom stereocenters. The van der Waals surface area contributed by atoms with Gasteiger partial charge in [0.05, 0.1) is 6.20 Å². The maximum absolute atomic E-state index is 13.0. The summed E-state index contributed by atoms with van der Waals surface area (Å²) in [5.74, 6) is -0.649. The predicted octanol–water partition coefficient (Wildman–Crippen LogP) is 2.41. The second-order valence-corrected chi connectivity index (χ2v) is 6.75. The Hall–Kier alpha value is -0.530. The quantitative estimate of drug-likeness (QED) is 0.566. The molecule has 0 spiro atoms. The van der Waals surface area contributed by atoms with Crippen LogP contribution in [0.15, 0.2) is 23.4 Å². The van der Waals surface area contributed by atoms with Gasteiger partial charge in [-0.1, -0.05) is 22.4 Å². The Morgan fingerprint density at radius 2 is 2.06 bits per heavy atom. The lowest BCUT2D eigenvalue weighted by atomic mass is 10.2. The van der Waals surface area contributed by atoms with E-state index in [2.05, 4.69) is 20.9 Å². The van der Waals surface area contributed by atoms with Crippen molar-refractivity contribution in [2.24, 2.45) is 0 Å². The molecule has 18 heavy (non-hydrogen) atoms. The monoisotopic (exact) mass is 338 g/mol. The minimum absolute atomic E-state index is 0.106. The topological polar surface area (TPSA) is 50.3 Å². The first-order chi connectivity index (χ1) is 8.48. The molecule has 1 rings (SSSR count). The highest BCUT2D eigenvalue weighted by Gasteiger charge is 2.21. The first-order valence-electron chi connectivity index (χ1n) is 5.61. The average Bonchev–Trinajstić information content (AvgIpc) is 2.34. The van der Waals surface area contributed by atoms with Crippen molar-refractivity contribution in [1.82, 2.24) is 9.29 Å². The summed E-state index contributed by atoms with van der Waals surface area (Å²) in [6, 6.07) is 0.983. The molecule has 0 aromatic carbocycles. The highest BCUT2D eigenvalue weighted by Crippen LogP contribution is 2.14. The van der Waals surface area contributed by atoms with E-state index in [-0.39, 0.29) is 4.90 Å². The second-order valence-electron chi connectivity index (χ2n) is 3.92. The third-order valence-electron chi connectivity index (χ3n) is 2.49. The zero-order valence-corrected chi connectivity index (χ0v) is 12.5. The summed E-state index contributed by atoms with van der Waals surface area (Å²) in [6.45, 7) is 0.422. The summed E-state index contributed by atoms with van der Waals surface area (Å²) >= 11 is 3.32. The largest absolute Gasteiger partial charge is 0.260 e. The second kappa shape index (κ2) is 7.16. The number of rotatable bonds is 7. The lowest BCUT2D eigenvalue weighted by Crippen LogP contribution is -2.28. The van der Waals surface area contributed by atoms with Gasteiger partial charge in [-0.15, -0.1) is 0 Å². The van der Waals surface area contributed by atoms with Gasteiger partial charge in [0.2, 0.25) is 10.0 Å². The molecule has 4 nitrogen and oxygen atoms in total. The summed E-state index contributed by atoms with van der Waals surface area (Å²) in [7, 11) is -2.14. The molecule has 0 atom stereocenters. The molecule has 0 fully saturated rings. The van der Waals surface area contributed by atoms with Crippen LogP contribution in [0, 0.1) is 5.82 Å². The fraction of sp³-hybridized carbons (Fsp3) is 0.545. The third kappa shape index (κ3) is 4.29. The molecule has 0 saturated heterocycles. The zero-order valence-electron chi connectivity index (χ0n) is 10.1. The Balaban J connectivity index is 2.68. The predicted molar refractivity (Wildman–Crippen MR) is 71.7 cm³/mol. The molecule has 0 amide bonds. The number of aromatic nitrogens is 1. The van der Waals surface area contributed by atoms with Gasteiger partial charge in [-0.2, -0.15) is 0 Å². The van der Waals surface area contributed by atoms with Crippen LogP contribution in [0.25, 0.3) is 0 Å². The van der Waals surface area contributed by atoms with Crippen LogP contribution >= 0.6 is 15.9 Å². The number of hydrogen-bond donors (Lipinski definition) is 0. The zero-order chi connectivity index (χ0) is 13.6. The first kappa shape index (κ1) is 15.5. The maximum Gasteiger partial charge on any atom is 0.244 e. The molecule has 0 N–H and O–H groups in total. The van der Waals surface area contributed by atoms with Gasteiger partial charge >= 0.3 is 0 Å². The van der Waals surface area contributed by atoms with Crippen molar-refractivity contribution in [2.45, 2.75) is 24.2 Å². The molecule has 1 heterocycles. The van der Waals surface area contributed by atoms with Gasteiger partial charge in [-0.3, -0.25) is 4.98 Å². The van der Waals surface area contributed by atoms with Crippen LogP contribution in [0.3, 0.4) is 0 Å². The van der Waals surface area contributed by atoms with Crippen LogP contribution < -0.4 is 0 Å². The van der Waals surface area contributed by atoms with Crippen LogP contribution in [0.2, 0.25) is 0 Å². The van der Waals surface area contributed by atoms with Crippen LogP contribution in [-0.4, -0.2) is 36.6 Å². The molecule has 0 radical (unpaired) electrons. The lowest BCUT2D eigenvalue weighted by Gasteiger charge is -2.16. The van der Waals surface area contributed by atoms with Gasteiger partial charge in [0.25, 0.3) is 0 Å². The normalized spacial score (nSPS) is 12.0. The van der Waals surface area contributed by atoms with Gasteiger partial charge in [-0.05, 0) is 18.9 Å². The van der Waals surface area contributed by atoms with Crippen molar-refractivity contribution in [2.75, 3.05) is 18.9 Å². The minimum Gasteiger partial charge on any atom is -0.260 e. The molecular weight excluding hydrogens is 323 g/mol. The summed E-state index contributed by atoms with van der Waals surface area (Å²) in [5.41, 5.74) is 0. The van der Waals surface area contributed by atoms with E-state index in [0.29, 0.717) is 6.54 Å². The van der Waals surface area contributed by atoms with Crippen molar-refractivity contribution in [3.63, 3.8) is 0 Å². The van der Waals surface area contributed by atoms with Crippen LogP contribution in [0.1, 0.15) is 19.3 Å². The van der Waals surface area contributed by atoms with Gasteiger partial charge in [0, 0.05) is 25.1 Å². The summed E-state index contributed by atoms with van der Waals surface area (Å²) in [5, 5.41) is 0.914. The van der Waals surface area contributed by atoms with Crippen molar-refractivity contribution in [1.29, 1.82) is 0 Å². The number of alkyl halides is 1. The smallest absolute Gasteiger partial charge is 0.244 e. The summed E-state index contributed by atoms with van der Waals surface area (Å²) in [6.07, 6.45) is 4.88. The van der Waals surface area contributed by atoms with Crippen molar-refractivity contribution in [3.8, 4) is 0 Å². The van der Waals surface area contributed by atoms with E-state index in [1.54, 1.807) is 0 Å². The van der Waals surface area contributed by atoms with Gasteiger partial charge in [0.1, 0.15) is 10.7 Å². The molecule has 1 aromatic rings. The minimum atomic E-state index is -3.63. The van der Waals surface area contributed by atoms with E-state index < -0.39 is 15.8 Å². The van der Waals surface area contributed by atoms with Crippen LogP contribution in [0.5, 0.6) is 0 Å². The highest BCUT2D eigenvalue weighted by molar-refractivity contribution is 9.09. The maximum atomic E-state index is 13.0. The van der Waals surface area contributed by atoms with Crippen molar-refractivity contribution in [3.05, 3.63) is 24.3 Å². The fourth-order valence-corrected chi connectivity index (χ4v) is 3.02. The lowest BCUT2D eigenvalue weighted by molar-refractivity contribution is 0.453. The van der Waals surface area contributed by atoms with Crippen LogP contribution in [0.4, 0.5) is 4.39 Å². The Morgan fingerprint density at radius 3 is 2.67 bits per heavy atom.